The van der Waals surface area contributed by atoms with Crippen molar-refractivity contribution in [3.05, 3.63) is 27.2 Å². The molecule has 1 saturated heterocycles. The topological polar surface area (TPSA) is 86.9 Å². The van der Waals surface area contributed by atoms with Crippen molar-refractivity contribution in [2.45, 2.75) is 51.4 Å². The summed E-state index contributed by atoms with van der Waals surface area (Å²) in [5.74, 6) is 0.724. The molecule has 1 amide bonds. The van der Waals surface area contributed by atoms with Crippen molar-refractivity contribution >= 4 is 5.91 Å². The molecule has 0 radical (unpaired) electrons. The molecule has 0 spiro atoms. The van der Waals surface area contributed by atoms with Crippen molar-refractivity contribution in [3.8, 4) is 0 Å². The van der Waals surface area contributed by atoms with E-state index in [1.807, 2.05) is 0 Å². The summed E-state index contributed by atoms with van der Waals surface area (Å²) in [6, 6.07) is 0. The quantitative estimate of drug-likeness (QED) is 0.746. The summed E-state index contributed by atoms with van der Waals surface area (Å²) >= 11 is 0. The van der Waals surface area contributed by atoms with Crippen LogP contribution in [0.4, 0.5) is 0 Å². The van der Waals surface area contributed by atoms with E-state index in [0.29, 0.717) is 0 Å². The first-order chi connectivity index (χ1) is 11.2. The lowest BCUT2D eigenvalue weighted by Gasteiger charge is -2.22. The molecule has 2 aliphatic rings. The first-order valence-corrected chi connectivity index (χ1v) is 8.81. The minimum absolute atomic E-state index is 0.00579. The lowest BCUT2D eigenvalue weighted by molar-refractivity contribution is -0.120. The Labute approximate surface area is 136 Å². The van der Waals surface area contributed by atoms with Crippen LogP contribution in [0.5, 0.6) is 0 Å². The highest BCUT2D eigenvalue weighted by molar-refractivity contribution is 5.78. The van der Waals surface area contributed by atoms with E-state index >= 15 is 0 Å². The summed E-state index contributed by atoms with van der Waals surface area (Å²) in [6.07, 6.45) is 7.50. The van der Waals surface area contributed by atoms with E-state index in [2.05, 4.69) is 20.8 Å². The molecule has 23 heavy (non-hydrogen) atoms. The number of nitrogens with zero attached hydrogens (tertiary/aromatic N) is 1. The standard InChI is InChI=1S/C17H26N4O2/c22-16(19-10-7-12-5-8-18-9-6-12)11-15-13-3-1-2-4-14(13)17(23)21-20-15/h12,18H,1-11H2,(H,19,22)(H,21,23). The highest BCUT2D eigenvalue weighted by Gasteiger charge is 2.19. The SMILES string of the molecule is O=C(Cc1n[nH]c(=O)c2c1CCCC2)NCCC1CCNCC1. The van der Waals surface area contributed by atoms with E-state index in [1.54, 1.807) is 0 Å². The minimum Gasteiger partial charge on any atom is -0.356 e. The number of fused-ring (bicyclic) bond motifs is 1. The van der Waals surface area contributed by atoms with Crippen LogP contribution in [-0.4, -0.2) is 35.7 Å². The molecule has 3 N–H and O–H groups in total. The number of H-pyrrole nitrogens is 1. The molecule has 2 heterocycles. The third-order valence-electron chi connectivity index (χ3n) is 5.04. The third-order valence-corrected chi connectivity index (χ3v) is 5.04. The van der Waals surface area contributed by atoms with Gasteiger partial charge in [0, 0.05) is 12.1 Å². The van der Waals surface area contributed by atoms with Gasteiger partial charge in [0.05, 0.1) is 12.1 Å². The fourth-order valence-corrected chi connectivity index (χ4v) is 3.67. The molecule has 126 valence electrons. The molecule has 1 aromatic heterocycles. The molecule has 0 atom stereocenters. The second-order valence-corrected chi connectivity index (χ2v) is 6.67. The van der Waals surface area contributed by atoms with Crippen LogP contribution in [-0.2, 0) is 24.1 Å². The van der Waals surface area contributed by atoms with Crippen LogP contribution < -0.4 is 16.2 Å². The number of aromatic nitrogens is 2. The largest absolute Gasteiger partial charge is 0.356 e. The number of hydrogen-bond acceptors (Lipinski definition) is 4. The van der Waals surface area contributed by atoms with Crippen LogP contribution in [0.25, 0.3) is 0 Å². The number of carbonyl (C=O) groups is 1. The fraction of sp³-hybridized carbons (Fsp3) is 0.706. The van der Waals surface area contributed by atoms with Gasteiger partial charge in [-0.1, -0.05) is 0 Å². The Balaban J connectivity index is 1.52. The Hall–Kier alpha value is -1.69. The zero-order valence-corrected chi connectivity index (χ0v) is 13.6. The van der Waals surface area contributed by atoms with Crippen molar-refractivity contribution < 1.29 is 4.79 Å². The van der Waals surface area contributed by atoms with E-state index in [9.17, 15) is 9.59 Å². The molecule has 0 unspecified atom stereocenters. The highest BCUT2D eigenvalue weighted by atomic mass is 16.1. The number of nitrogens with one attached hydrogen (secondary N) is 3. The highest BCUT2D eigenvalue weighted by Crippen LogP contribution is 2.20. The zero-order valence-electron chi connectivity index (χ0n) is 13.6. The van der Waals surface area contributed by atoms with Gasteiger partial charge in [0.1, 0.15) is 0 Å². The minimum atomic E-state index is -0.0882. The second kappa shape index (κ2) is 7.73. The van der Waals surface area contributed by atoms with Gasteiger partial charge in [0.2, 0.25) is 5.91 Å². The summed E-state index contributed by atoms with van der Waals surface area (Å²) in [5.41, 5.74) is 2.51. The predicted molar refractivity (Wildman–Crippen MR) is 88.4 cm³/mol. The number of rotatable bonds is 5. The van der Waals surface area contributed by atoms with Gasteiger partial charge >= 0.3 is 0 Å². The molecule has 1 fully saturated rings. The fourth-order valence-electron chi connectivity index (χ4n) is 3.67. The second-order valence-electron chi connectivity index (χ2n) is 6.67. The average Bonchev–Trinajstić information content (AvgIpc) is 2.59. The summed E-state index contributed by atoms with van der Waals surface area (Å²) in [5, 5.41) is 13.0. The van der Waals surface area contributed by atoms with E-state index in [0.717, 1.165) is 74.5 Å². The normalized spacial score (nSPS) is 18.4. The maximum absolute atomic E-state index is 12.2. The molecule has 6 heteroatoms. The Bertz CT molecular complexity index is 605. The molecular weight excluding hydrogens is 292 g/mol. The number of piperidine rings is 1. The monoisotopic (exact) mass is 318 g/mol. The van der Waals surface area contributed by atoms with Crippen LogP contribution in [0.1, 0.15) is 48.9 Å². The van der Waals surface area contributed by atoms with Crippen LogP contribution in [0.3, 0.4) is 0 Å². The first-order valence-electron chi connectivity index (χ1n) is 8.81. The molecular formula is C17H26N4O2. The van der Waals surface area contributed by atoms with Crippen molar-refractivity contribution in [2.24, 2.45) is 5.92 Å². The maximum atomic E-state index is 12.2. The summed E-state index contributed by atoms with van der Waals surface area (Å²) < 4.78 is 0. The molecule has 1 aromatic rings. The maximum Gasteiger partial charge on any atom is 0.267 e. The number of amides is 1. The first kappa shape index (κ1) is 16.2. The Morgan fingerprint density at radius 2 is 1.91 bits per heavy atom. The lowest BCUT2D eigenvalue weighted by Crippen LogP contribution is -2.32. The summed E-state index contributed by atoms with van der Waals surface area (Å²) in [4.78, 5) is 24.0. The van der Waals surface area contributed by atoms with Gasteiger partial charge < -0.3 is 10.6 Å². The third kappa shape index (κ3) is 4.19. The van der Waals surface area contributed by atoms with Crippen LogP contribution in [0.2, 0.25) is 0 Å². The van der Waals surface area contributed by atoms with Crippen LogP contribution >= 0.6 is 0 Å². The molecule has 1 aliphatic carbocycles. The molecule has 0 saturated carbocycles. The molecule has 1 aliphatic heterocycles. The van der Waals surface area contributed by atoms with Gasteiger partial charge in [-0.25, -0.2) is 5.10 Å². The van der Waals surface area contributed by atoms with Crippen LogP contribution in [0.15, 0.2) is 4.79 Å². The van der Waals surface area contributed by atoms with Gasteiger partial charge in [-0.3, -0.25) is 9.59 Å². The molecule has 6 nitrogen and oxygen atoms in total. The summed E-state index contributed by atoms with van der Waals surface area (Å²) in [6.45, 7) is 2.91. The van der Waals surface area contributed by atoms with Gasteiger partial charge in [0.25, 0.3) is 5.56 Å². The van der Waals surface area contributed by atoms with E-state index in [4.69, 9.17) is 0 Å². The van der Waals surface area contributed by atoms with Crippen LogP contribution in [0, 0.1) is 5.92 Å². The molecule has 0 bridgehead atoms. The van der Waals surface area contributed by atoms with E-state index < -0.39 is 0 Å². The zero-order chi connectivity index (χ0) is 16.1. The predicted octanol–water partition coefficient (Wildman–Crippen LogP) is 0.697. The van der Waals surface area contributed by atoms with Crippen molar-refractivity contribution in [1.29, 1.82) is 0 Å². The van der Waals surface area contributed by atoms with Gasteiger partial charge in [-0.05, 0) is 69.5 Å². The van der Waals surface area contributed by atoms with E-state index in [-0.39, 0.29) is 17.9 Å². The van der Waals surface area contributed by atoms with Gasteiger partial charge in [0.15, 0.2) is 0 Å². The smallest absolute Gasteiger partial charge is 0.267 e. The Kier molecular flexibility index (Phi) is 5.43. The number of aromatic amines is 1. The van der Waals surface area contributed by atoms with E-state index in [1.165, 1.54) is 12.8 Å². The Morgan fingerprint density at radius 1 is 1.17 bits per heavy atom. The van der Waals surface area contributed by atoms with Gasteiger partial charge in [-0.15, -0.1) is 0 Å². The van der Waals surface area contributed by atoms with Crippen molar-refractivity contribution in [3.63, 3.8) is 0 Å². The number of carbonyl (C=O) groups excluding carboxylic acids is 1. The number of hydrogen-bond donors (Lipinski definition) is 3. The lowest BCUT2D eigenvalue weighted by atomic mass is 9.91. The van der Waals surface area contributed by atoms with Gasteiger partial charge in [-0.2, -0.15) is 5.10 Å². The average molecular weight is 318 g/mol. The summed E-state index contributed by atoms with van der Waals surface area (Å²) in [7, 11) is 0. The van der Waals surface area contributed by atoms with Crippen molar-refractivity contribution in [2.75, 3.05) is 19.6 Å². The molecule has 0 aromatic carbocycles. The Morgan fingerprint density at radius 3 is 2.70 bits per heavy atom. The molecule has 3 rings (SSSR count). The van der Waals surface area contributed by atoms with Crippen molar-refractivity contribution in [1.82, 2.24) is 20.8 Å².